The van der Waals surface area contributed by atoms with Gasteiger partial charge in [0.05, 0.1) is 12.2 Å². The quantitative estimate of drug-likeness (QED) is 0.897. The fourth-order valence-corrected chi connectivity index (χ4v) is 2.31. The summed E-state index contributed by atoms with van der Waals surface area (Å²) >= 11 is 0. The van der Waals surface area contributed by atoms with Crippen LogP contribution in [0, 0.1) is 12.8 Å². The van der Waals surface area contributed by atoms with Crippen molar-refractivity contribution in [3.05, 3.63) is 29.6 Å². The van der Waals surface area contributed by atoms with Crippen LogP contribution in [0.2, 0.25) is 0 Å². The van der Waals surface area contributed by atoms with E-state index in [1.165, 1.54) is 0 Å². The van der Waals surface area contributed by atoms with Crippen molar-refractivity contribution < 1.29 is 4.79 Å². The van der Waals surface area contributed by atoms with Crippen LogP contribution in [0.3, 0.4) is 0 Å². The molecule has 1 aromatic rings. The van der Waals surface area contributed by atoms with Crippen LogP contribution in [0.1, 0.15) is 45.0 Å². The lowest BCUT2D eigenvalue weighted by Crippen LogP contribution is -2.48. The molecule has 2 amide bonds. The van der Waals surface area contributed by atoms with Gasteiger partial charge in [0.2, 0.25) is 0 Å². The van der Waals surface area contributed by atoms with Crippen molar-refractivity contribution in [2.24, 2.45) is 5.92 Å². The monoisotopic (exact) mass is 275 g/mol. The first-order chi connectivity index (χ1) is 9.49. The van der Waals surface area contributed by atoms with Crippen molar-refractivity contribution in [3.8, 4) is 0 Å². The number of aromatic nitrogens is 1. The van der Waals surface area contributed by atoms with Gasteiger partial charge in [0, 0.05) is 17.8 Å². The Bertz CT molecular complexity index is 469. The number of amides is 2. The molecule has 4 heteroatoms. The van der Waals surface area contributed by atoms with E-state index in [0.29, 0.717) is 18.5 Å². The predicted molar refractivity (Wildman–Crippen MR) is 80.4 cm³/mol. The molecule has 0 spiro atoms. The summed E-state index contributed by atoms with van der Waals surface area (Å²) in [6.45, 7) is 8.91. The number of nitrogens with one attached hydrogen (secondary N) is 1. The zero-order valence-electron chi connectivity index (χ0n) is 12.9. The Morgan fingerprint density at radius 2 is 2.10 bits per heavy atom. The van der Waals surface area contributed by atoms with Crippen LogP contribution < -0.4 is 5.32 Å². The summed E-state index contributed by atoms with van der Waals surface area (Å²) in [5.41, 5.74) is 1.89. The molecule has 20 heavy (non-hydrogen) atoms. The zero-order valence-corrected chi connectivity index (χ0v) is 12.9. The Hall–Kier alpha value is -1.58. The number of nitrogens with zero attached hydrogens (tertiary/aromatic N) is 2. The van der Waals surface area contributed by atoms with Crippen LogP contribution in [-0.4, -0.2) is 28.0 Å². The minimum absolute atomic E-state index is 0.0389. The lowest BCUT2D eigenvalue weighted by Gasteiger charge is -2.32. The van der Waals surface area contributed by atoms with E-state index in [1.807, 2.05) is 30.0 Å². The van der Waals surface area contributed by atoms with Gasteiger partial charge in [-0.1, -0.05) is 19.9 Å². The summed E-state index contributed by atoms with van der Waals surface area (Å²) in [5, 5.41) is 3.01. The molecule has 4 nitrogen and oxygen atoms in total. The third-order valence-corrected chi connectivity index (χ3v) is 3.95. The van der Waals surface area contributed by atoms with Gasteiger partial charge >= 0.3 is 6.03 Å². The van der Waals surface area contributed by atoms with Crippen molar-refractivity contribution in [2.75, 3.05) is 0 Å². The maximum atomic E-state index is 12.4. The van der Waals surface area contributed by atoms with Crippen LogP contribution >= 0.6 is 0 Å². The standard InChI is InChI=1S/C16H25N3O/c1-11(2)13(4)19(15-8-9-15)16(20)17-10-14-7-5-6-12(3)18-14/h5-7,11,13,15H,8-10H2,1-4H3,(H,17,20). The Labute approximate surface area is 121 Å². The van der Waals surface area contributed by atoms with Gasteiger partial charge in [-0.3, -0.25) is 4.98 Å². The number of hydrogen-bond acceptors (Lipinski definition) is 2. The van der Waals surface area contributed by atoms with E-state index in [4.69, 9.17) is 0 Å². The first-order valence-electron chi connectivity index (χ1n) is 7.47. The van der Waals surface area contributed by atoms with Crippen LogP contribution in [0.5, 0.6) is 0 Å². The van der Waals surface area contributed by atoms with Crippen LogP contribution in [-0.2, 0) is 6.54 Å². The smallest absolute Gasteiger partial charge is 0.318 e. The SMILES string of the molecule is Cc1cccc(CNC(=O)N(C2CC2)C(C)C(C)C)n1. The topological polar surface area (TPSA) is 45.2 Å². The fourth-order valence-electron chi connectivity index (χ4n) is 2.31. The predicted octanol–water partition coefficient (Wildman–Crippen LogP) is 3.11. The Morgan fingerprint density at radius 1 is 1.40 bits per heavy atom. The van der Waals surface area contributed by atoms with Gasteiger partial charge < -0.3 is 10.2 Å². The van der Waals surface area contributed by atoms with Crippen LogP contribution in [0.25, 0.3) is 0 Å². The summed E-state index contributed by atoms with van der Waals surface area (Å²) < 4.78 is 0. The molecule has 0 saturated heterocycles. The number of carbonyl (C=O) groups is 1. The Morgan fingerprint density at radius 3 is 2.65 bits per heavy atom. The Balaban J connectivity index is 1.95. The number of carbonyl (C=O) groups excluding carboxylic acids is 1. The van der Waals surface area contributed by atoms with Crippen molar-refractivity contribution in [2.45, 2.75) is 59.2 Å². The van der Waals surface area contributed by atoms with Gasteiger partial charge in [0.1, 0.15) is 0 Å². The van der Waals surface area contributed by atoms with E-state index >= 15 is 0 Å². The summed E-state index contributed by atoms with van der Waals surface area (Å²) in [6, 6.07) is 6.62. The third kappa shape index (κ3) is 3.71. The van der Waals surface area contributed by atoms with Gasteiger partial charge in [-0.25, -0.2) is 4.79 Å². The second-order valence-corrected chi connectivity index (χ2v) is 6.05. The first kappa shape index (κ1) is 14.8. The normalized spacial score (nSPS) is 16.1. The molecule has 110 valence electrons. The second kappa shape index (κ2) is 6.25. The lowest BCUT2D eigenvalue weighted by molar-refractivity contribution is 0.156. The van der Waals surface area contributed by atoms with Gasteiger partial charge in [0.25, 0.3) is 0 Å². The van der Waals surface area contributed by atoms with E-state index in [1.54, 1.807) is 0 Å². The molecule has 1 aliphatic rings. The van der Waals surface area contributed by atoms with E-state index in [2.05, 4.69) is 31.1 Å². The maximum Gasteiger partial charge on any atom is 0.318 e. The van der Waals surface area contributed by atoms with Gasteiger partial charge in [-0.15, -0.1) is 0 Å². The fraction of sp³-hybridized carbons (Fsp3) is 0.625. The summed E-state index contributed by atoms with van der Waals surface area (Å²) in [7, 11) is 0. The molecule has 0 aromatic carbocycles. The number of rotatable bonds is 5. The molecule has 1 heterocycles. The summed E-state index contributed by atoms with van der Waals surface area (Å²) in [5.74, 6) is 0.471. The largest absolute Gasteiger partial charge is 0.332 e. The summed E-state index contributed by atoms with van der Waals surface area (Å²) in [6.07, 6.45) is 2.26. The van der Waals surface area contributed by atoms with Crippen molar-refractivity contribution in [3.63, 3.8) is 0 Å². The van der Waals surface area contributed by atoms with Crippen molar-refractivity contribution >= 4 is 6.03 Å². The first-order valence-corrected chi connectivity index (χ1v) is 7.47. The Kier molecular flexibility index (Phi) is 4.63. The highest BCUT2D eigenvalue weighted by molar-refractivity contribution is 5.75. The van der Waals surface area contributed by atoms with E-state index in [0.717, 1.165) is 24.2 Å². The number of aryl methyl sites for hydroxylation is 1. The molecule has 1 aromatic heterocycles. The average Bonchev–Trinajstić information content (AvgIpc) is 3.21. The molecule has 2 rings (SSSR count). The number of urea groups is 1. The molecule has 0 aliphatic heterocycles. The second-order valence-electron chi connectivity index (χ2n) is 6.05. The third-order valence-electron chi connectivity index (χ3n) is 3.95. The minimum atomic E-state index is 0.0389. The molecule has 1 fully saturated rings. The average molecular weight is 275 g/mol. The van der Waals surface area contributed by atoms with Gasteiger partial charge in [-0.05, 0) is 44.7 Å². The highest BCUT2D eigenvalue weighted by Crippen LogP contribution is 2.30. The van der Waals surface area contributed by atoms with Gasteiger partial charge in [0.15, 0.2) is 0 Å². The minimum Gasteiger partial charge on any atom is -0.332 e. The number of hydrogen-bond donors (Lipinski definition) is 1. The molecular weight excluding hydrogens is 250 g/mol. The zero-order chi connectivity index (χ0) is 14.7. The molecule has 1 atom stereocenters. The molecule has 1 aliphatic carbocycles. The molecule has 1 unspecified atom stereocenters. The van der Waals surface area contributed by atoms with E-state index in [-0.39, 0.29) is 12.1 Å². The molecule has 0 bridgehead atoms. The molecule has 1 N–H and O–H groups in total. The van der Waals surface area contributed by atoms with Crippen molar-refractivity contribution in [1.29, 1.82) is 0 Å². The molecule has 0 radical (unpaired) electrons. The number of pyridine rings is 1. The highest BCUT2D eigenvalue weighted by Gasteiger charge is 2.36. The van der Waals surface area contributed by atoms with Gasteiger partial charge in [-0.2, -0.15) is 0 Å². The molecular formula is C16H25N3O. The van der Waals surface area contributed by atoms with Crippen molar-refractivity contribution in [1.82, 2.24) is 15.2 Å². The van der Waals surface area contributed by atoms with Crippen LogP contribution in [0.15, 0.2) is 18.2 Å². The van der Waals surface area contributed by atoms with Crippen LogP contribution in [0.4, 0.5) is 4.79 Å². The van der Waals surface area contributed by atoms with E-state index in [9.17, 15) is 4.79 Å². The summed E-state index contributed by atoms with van der Waals surface area (Å²) in [4.78, 5) is 18.8. The molecule has 1 saturated carbocycles. The highest BCUT2D eigenvalue weighted by atomic mass is 16.2. The van der Waals surface area contributed by atoms with E-state index < -0.39 is 0 Å². The lowest BCUT2D eigenvalue weighted by atomic mass is 10.0. The maximum absolute atomic E-state index is 12.4.